The lowest BCUT2D eigenvalue weighted by molar-refractivity contribution is -0.122. The Labute approximate surface area is 200 Å². The number of benzene rings is 2. The number of thiocarbonyl (C=S) groups is 1. The highest BCUT2D eigenvalue weighted by atomic mass is 32.2. The highest BCUT2D eigenvalue weighted by molar-refractivity contribution is 8.26. The first-order valence-electron chi connectivity index (χ1n) is 10.4. The number of para-hydroxylation sites is 1. The summed E-state index contributed by atoms with van der Waals surface area (Å²) in [4.78, 5) is 15.1. The van der Waals surface area contributed by atoms with Gasteiger partial charge < -0.3 is 14.2 Å². The predicted molar refractivity (Wildman–Crippen MR) is 132 cm³/mol. The van der Waals surface area contributed by atoms with Crippen molar-refractivity contribution in [2.75, 3.05) is 33.5 Å². The van der Waals surface area contributed by atoms with Gasteiger partial charge in [0.1, 0.15) is 23.2 Å². The van der Waals surface area contributed by atoms with Crippen LogP contribution in [0, 0.1) is 0 Å². The molecule has 0 bridgehead atoms. The number of thioether (sulfide) groups is 1. The summed E-state index contributed by atoms with van der Waals surface area (Å²) in [5, 5.41) is 4.84. The average molecular weight is 480 g/mol. The van der Waals surface area contributed by atoms with E-state index in [1.165, 1.54) is 11.8 Å². The number of ether oxygens (including phenoxy) is 3. The fourth-order valence-electron chi connectivity index (χ4n) is 3.64. The summed E-state index contributed by atoms with van der Waals surface area (Å²) in [5.74, 6) is 1.28. The standard InChI is InChI=1S/C24H21N3O4S2/c1-29-10-9-26-23(28)21(33-24(26)32)14-17-15-27(18-5-3-2-4-6-18)25-22(17)16-7-8-19-20(13-16)31-12-11-30-19/h2-8,13-15H,9-12H2,1H3/b21-14-. The van der Waals surface area contributed by atoms with Gasteiger partial charge in [-0.15, -0.1) is 0 Å². The zero-order valence-electron chi connectivity index (χ0n) is 17.9. The number of methoxy groups -OCH3 is 1. The van der Waals surface area contributed by atoms with E-state index in [0.29, 0.717) is 47.1 Å². The molecular formula is C24H21N3O4S2. The molecule has 0 spiro atoms. The molecular weight excluding hydrogens is 458 g/mol. The topological polar surface area (TPSA) is 65.8 Å². The molecule has 0 unspecified atom stereocenters. The minimum atomic E-state index is -0.123. The molecule has 33 heavy (non-hydrogen) atoms. The van der Waals surface area contributed by atoms with Gasteiger partial charge in [0.2, 0.25) is 0 Å². The van der Waals surface area contributed by atoms with E-state index in [2.05, 4.69) is 0 Å². The van der Waals surface area contributed by atoms with Crippen LogP contribution in [-0.2, 0) is 9.53 Å². The molecule has 3 aromatic rings. The number of rotatable bonds is 6. The second-order valence-electron chi connectivity index (χ2n) is 7.40. The first kappa shape index (κ1) is 21.7. The summed E-state index contributed by atoms with van der Waals surface area (Å²) in [7, 11) is 1.60. The van der Waals surface area contributed by atoms with E-state index in [0.717, 1.165) is 22.5 Å². The Bertz CT molecular complexity index is 1240. The van der Waals surface area contributed by atoms with Gasteiger partial charge in [-0.3, -0.25) is 9.69 Å². The van der Waals surface area contributed by atoms with Crippen LogP contribution < -0.4 is 9.47 Å². The Morgan fingerprint density at radius 1 is 1.15 bits per heavy atom. The lowest BCUT2D eigenvalue weighted by atomic mass is 10.1. The first-order valence-corrected chi connectivity index (χ1v) is 11.7. The van der Waals surface area contributed by atoms with Crippen molar-refractivity contribution in [1.82, 2.24) is 14.7 Å². The van der Waals surface area contributed by atoms with Crippen molar-refractivity contribution >= 4 is 40.3 Å². The maximum absolute atomic E-state index is 13.0. The molecule has 1 saturated heterocycles. The Morgan fingerprint density at radius 3 is 2.73 bits per heavy atom. The molecule has 0 radical (unpaired) electrons. The van der Waals surface area contributed by atoms with Gasteiger partial charge in [-0.25, -0.2) is 4.68 Å². The number of hydrogen-bond acceptors (Lipinski definition) is 7. The number of carbonyl (C=O) groups excluding carboxylic acids is 1. The second-order valence-corrected chi connectivity index (χ2v) is 9.07. The normalized spacial score (nSPS) is 16.6. The molecule has 0 N–H and O–H groups in total. The van der Waals surface area contributed by atoms with Crippen LogP contribution in [0.15, 0.2) is 59.6 Å². The average Bonchev–Trinajstić information content (AvgIpc) is 3.38. The summed E-state index contributed by atoms with van der Waals surface area (Å²) in [6.45, 7) is 1.89. The second kappa shape index (κ2) is 9.38. The number of carbonyl (C=O) groups is 1. The molecule has 1 amide bonds. The molecule has 0 saturated carbocycles. The van der Waals surface area contributed by atoms with Crippen molar-refractivity contribution in [2.24, 2.45) is 0 Å². The van der Waals surface area contributed by atoms with E-state index < -0.39 is 0 Å². The molecule has 2 aliphatic rings. The Morgan fingerprint density at radius 2 is 1.94 bits per heavy atom. The Kier molecular flexibility index (Phi) is 6.17. The third kappa shape index (κ3) is 4.39. The van der Waals surface area contributed by atoms with Crippen molar-refractivity contribution in [3.05, 3.63) is 65.2 Å². The van der Waals surface area contributed by atoms with Crippen LogP contribution in [0.5, 0.6) is 11.5 Å². The minimum Gasteiger partial charge on any atom is -0.486 e. The van der Waals surface area contributed by atoms with Crippen molar-refractivity contribution in [2.45, 2.75) is 0 Å². The molecule has 168 valence electrons. The summed E-state index contributed by atoms with van der Waals surface area (Å²) in [6, 6.07) is 15.6. The maximum Gasteiger partial charge on any atom is 0.266 e. The van der Waals surface area contributed by atoms with Crippen molar-refractivity contribution in [3.63, 3.8) is 0 Å². The zero-order chi connectivity index (χ0) is 22.8. The SMILES string of the molecule is COCCN1C(=O)/C(=C/c2cn(-c3ccccc3)nc2-c2ccc3c(c2)OCCO3)SC1=S. The van der Waals surface area contributed by atoms with Gasteiger partial charge in [0.15, 0.2) is 11.5 Å². The number of aromatic nitrogens is 2. The van der Waals surface area contributed by atoms with E-state index in [-0.39, 0.29) is 5.91 Å². The monoisotopic (exact) mass is 479 g/mol. The third-order valence-electron chi connectivity index (χ3n) is 5.26. The molecule has 1 aromatic heterocycles. The smallest absolute Gasteiger partial charge is 0.266 e. The summed E-state index contributed by atoms with van der Waals surface area (Å²) in [6.07, 6.45) is 3.77. The molecule has 2 aliphatic heterocycles. The van der Waals surface area contributed by atoms with Crippen LogP contribution in [0.3, 0.4) is 0 Å². The van der Waals surface area contributed by atoms with E-state index in [4.69, 9.17) is 31.5 Å². The van der Waals surface area contributed by atoms with Gasteiger partial charge in [0.05, 0.1) is 23.7 Å². The molecule has 7 nitrogen and oxygen atoms in total. The molecule has 0 aliphatic carbocycles. The predicted octanol–water partition coefficient (Wildman–Crippen LogP) is 4.16. The molecule has 1 fully saturated rings. The maximum atomic E-state index is 13.0. The van der Waals surface area contributed by atoms with E-state index in [1.54, 1.807) is 12.0 Å². The van der Waals surface area contributed by atoms with Gasteiger partial charge in [-0.05, 0) is 36.4 Å². The van der Waals surface area contributed by atoms with Gasteiger partial charge in [0.25, 0.3) is 5.91 Å². The number of fused-ring (bicyclic) bond motifs is 1. The summed E-state index contributed by atoms with van der Waals surface area (Å²) in [5.41, 5.74) is 3.33. The van der Waals surface area contributed by atoms with Crippen LogP contribution >= 0.6 is 24.0 Å². The molecule has 9 heteroatoms. The summed E-state index contributed by atoms with van der Waals surface area (Å²) >= 11 is 6.71. The van der Waals surface area contributed by atoms with E-state index in [1.807, 2.05) is 65.5 Å². The van der Waals surface area contributed by atoms with Gasteiger partial charge in [-0.1, -0.05) is 42.2 Å². The van der Waals surface area contributed by atoms with Crippen molar-refractivity contribution < 1.29 is 19.0 Å². The zero-order valence-corrected chi connectivity index (χ0v) is 19.5. The van der Waals surface area contributed by atoms with Crippen LogP contribution in [0.1, 0.15) is 5.56 Å². The van der Waals surface area contributed by atoms with Crippen LogP contribution in [0.2, 0.25) is 0 Å². The van der Waals surface area contributed by atoms with Crippen LogP contribution in [0.4, 0.5) is 0 Å². The number of hydrogen-bond donors (Lipinski definition) is 0. The first-order chi connectivity index (χ1) is 16.1. The van der Waals surface area contributed by atoms with Crippen LogP contribution in [-0.4, -0.2) is 58.4 Å². The van der Waals surface area contributed by atoms with Crippen molar-refractivity contribution in [1.29, 1.82) is 0 Å². The van der Waals surface area contributed by atoms with E-state index >= 15 is 0 Å². The lowest BCUT2D eigenvalue weighted by Gasteiger charge is -2.18. The molecule has 3 heterocycles. The van der Waals surface area contributed by atoms with Gasteiger partial charge in [-0.2, -0.15) is 5.10 Å². The fourth-order valence-corrected chi connectivity index (χ4v) is 4.94. The Balaban J connectivity index is 1.57. The third-order valence-corrected chi connectivity index (χ3v) is 6.64. The largest absolute Gasteiger partial charge is 0.486 e. The Hall–Kier alpha value is -3.14. The van der Waals surface area contributed by atoms with E-state index in [9.17, 15) is 4.79 Å². The molecule has 2 aromatic carbocycles. The van der Waals surface area contributed by atoms with Gasteiger partial charge >= 0.3 is 0 Å². The van der Waals surface area contributed by atoms with Crippen LogP contribution in [0.25, 0.3) is 23.0 Å². The highest BCUT2D eigenvalue weighted by Gasteiger charge is 2.32. The molecule has 5 rings (SSSR count). The summed E-state index contributed by atoms with van der Waals surface area (Å²) < 4.78 is 18.9. The van der Waals surface area contributed by atoms with Crippen molar-refractivity contribution in [3.8, 4) is 28.4 Å². The molecule has 0 atom stereocenters. The fraction of sp³-hybridized carbons (Fsp3) is 0.208. The minimum absolute atomic E-state index is 0.123. The quantitative estimate of drug-likeness (QED) is 0.389. The number of nitrogens with zero attached hydrogens (tertiary/aromatic N) is 3. The van der Waals surface area contributed by atoms with Gasteiger partial charge in [0, 0.05) is 24.4 Å². The lowest BCUT2D eigenvalue weighted by Crippen LogP contribution is -2.31. The number of amides is 1. The highest BCUT2D eigenvalue weighted by Crippen LogP contribution is 2.38.